The standard InChI is InChI=1S/C13H24N2O/c1-2-14-11-6-8-12(9-7-11)15-10-4-3-5-13(15)16/h11-12,14H,2-10H2,1H3. The maximum absolute atomic E-state index is 11.8. The Hall–Kier alpha value is -0.570. The lowest BCUT2D eigenvalue weighted by atomic mass is 9.89. The molecule has 0 unspecified atom stereocenters. The van der Waals surface area contributed by atoms with Gasteiger partial charge in [0.15, 0.2) is 0 Å². The van der Waals surface area contributed by atoms with Crippen LogP contribution in [0.15, 0.2) is 0 Å². The number of carbonyl (C=O) groups is 1. The Bertz CT molecular complexity index is 234. The van der Waals surface area contributed by atoms with Crippen molar-refractivity contribution >= 4 is 5.91 Å². The van der Waals surface area contributed by atoms with E-state index in [0.717, 1.165) is 25.9 Å². The van der Waals surface area contributed by atoms with Crippen molar-refractivity contribution < 1.29 is 4.79 Å². The summed E-state index contributed by atoms with van der Waals surface area (Å²) >= 11 is 0. The molecule has 1 aliphatic carbocycles. The highest BCUT2D eigenvalue weighted by molar-refractivity contribution is 5.77. The van der Waals surface area contributed by atoms with Crippen LogP contribution in [0.25, 0.3) is 0 Å². The largest absolute Gasteiger partial charge is 0.340 e. The van der Waals surface area contributed by atoms with Crippen LogP contribution in [-0.2, 0) is 4.79 Å². The maximum atomic E-state index is 11.8. The van der Waals surface area contributed by atoms with Crippen LogP contribution in [0.4, 0.5) is 0 Å². The summed E-state index contributed by atoms with van der Waals surface area (Å²) in [5.41, 5.74) is 0. The van der Waals surface area contributed by atoms with Gasteiger partial charge in [-0.15, -0.1) is 0 Å². The van der Waals surface area contributed by atoms with Crippen molar-refractivity contribution in [3.63, 3.8) is 0 Å². The second-order valence-corrected chi connectivity index (χ2v) is 5.11. The zero-order chi connectivity index (χ0) is 11.4. The van der Waals surface area contributed by atoms with E-state index in [4.69, 9.17) is 0 Å². The number of amides is 1. The fraction of sp³-hybridized carbons (Fsp3) is 0.923. The molecule has 2 rings (SSSR count). The first-order valence-corrected chi connectivity index (χ1v) is 6.84. The molecule has 0 aromatic heterocycles. The van der Waals surface area contributed by atoms with Crippen LogP contribution < -0.4 is 5.32 Å². The quantitative estimate of drug-likeness (QED) is 0.794. The molecule has 1 amide bonds. The van der Waals surface area contributed by atoms with Crippen LogP contribution in [0.2, 0.25) is 0 Å². The molecule has 2 aliphatic rings. The van der Waals surface area contributed by atoms with Crippen LogP contribution in [0.1, 0.15) is 51.9 Å². The van der Waals surface area contributed by atoms with E-state index in [1.54, 1.807) is 0 Å². The first-order chi connectivity index (χ1) is 7.81. The average molecular weight is 224 g/mol. The van der Waals surface area contributed by atoms with Crippen LogP contribution >= 0.6 is 0 Å². The smallest absolute Gasteiger partial charge is 0.222 e. The Labute approximate surface area is 98.6 Å². The minimum Gasteiger partial charge on any atom is -0.340 e. The molecule has 0 atom stereocenters. The maximum Gasteiger partial charge on any atom is 0.222 e. The number of hydrogen-bond donors (Lipinski definition) is 1. The van der Waals surface area contributed by atoms with E-state index in [1.165, 1.54) is 32.1 Å². The molecule has 3 heteroatoms. The summed E-state index contributed by atoms with van der Waals surface area (Å²) in [7, 11) is 0. The molecule has 1 saturated carbocycles. The summed E-state index contributed by atoms with van der Waals surface area (Å²) in [6.07, 6.45) is 7.96. The summed E-state index contributed by atoms with van der Waals surface area (Å²) in [5.74, 6) is 0.401. The first-order valence-electron chi connectivity index (χ1n) is 6.84. The number of piperidine rings is 1. The Kier molecular flexibility index (Phi) is 4.22. The molecule has 2 fully saturated rings. The number of nitrogens with zero attached hydrogens (tertiary/aromatic N) is 1. The number of hydrogen-bond acceptors (Lipinski definition) is 2. The van der Waals surface area contributed by atoms with E-state index in [-0.39, 0.29) is 0 Å². The molecule has 0 spiro atoms. The second-order valence-electron chi connectivity index (χ2n) is 5.11. The molecule has 0 radical (unpaired) electrons. The number of carbonyl (C=O) groups excluding carboxylic acids is 1. The van der Waals surface area contributed by atoms with E-state index in [0.29, 0.717) is 18.0 Å². The van der Waals surface area contributed by atoms with Gasteiger partial charge in [-0.05, 0) is 45.1 Å². The Morgan fingerprint density at radius 1 is 1.25 bits per heavy atom. The van der Waals surface area contributed by atoms with Gasteiger partial charge in [-0.3, -0.25) is 4.79 Å². The van der Waals surface area contributed by atoms with Gasteiger partial charge in [0.25, 0.3) is 0 Å². The summed E-state index contributed by atoms with van der Waals surface area (Å²) in [6, 6.07) is 1.24. The molecule has 16 heavy (non-hydrogen) atoms. The minimum atomic E-state index is 0.401. The molecule has 3 nitrogen and oxygen atoms in total. The molecular formula is C13H24N2O. The van der Waals surface area contributed by atoms with E-state index < -0.39 is 0 Å². The van der Waals surface area contributed by atoms with Gasteiger partial charge in [0.1, 0.15) is 0 Å². The molecule has 1 N–H and O–H groups in total. The van der Waals surface area contributed by atoms with E-state index in [9.17, 15) is 4.79 Å². The molecular weight excluding hydrogens is 200 g/mol. The lowest BCUT2D eigenvalue weighted by Crippen LogP contribution is -2.47. The summed E-state index contributed by atoms with van der Waals surface area (Å²) in [4.78, 5) is 14.0. The van der Waals surface area contributed by atoms with E-state index >= 15 is 0 Å². The van der Waals surface area contributed by atoms with Crippen LogP contribution in [0.3, 0.4) is 0 Å². The molecule has 1 saturated heterocycles. The third kappa shape index (κ3) is 2.76. The van der Waals surface area contributed by atoms with Crippen molar-refractivity contribution in [1.29, 1.82) is 0 Å². The molecule has 0 aromatic rings. The first kappa shape index (κ1) is 11.9. The van der Waals surface area contributed by atoms with E-state index in [2.05, 4.69) is 17.1 Å². The van der Waals surface area contributed by atoms with Crippen molar-refractivity contribution in [1.82, 2.24) is 10.2 Å². The fourth-order valence-corrected chi connectivity index (χ4v) is 3.09. The van der Waals surface area contributed by atoms with Gasteiger partial charge in [0, 0.05) is 25.0 Å². The predicted octanol–water partition coefficient (Wildman–Crippen LogP) is 1.92. The van der Waals surface area contributed by atoms with Crippen molar-refractivity contribution in [3.05, 3.63) is 0 Å². The normalized spacial score (nSPS) is 31.8. The highest BCUT2D eigenvalue weighted by Crippen LogP contribution is 2.26. The lowest BCUT2D eigenvalue weighted by Gasteiger charge is -2.39. The zero-order valence-electron chi connectivity index (χ0n) is 10.4. The summed E-state index contributed by atoms with van der Waals surface area (Å²) in [6.45, 7) is 4.24. The van der Waals surface area contributed by atoms with Gasteiger partial charge >= 0.3 is 0 Å². The average Bonchev–Trinajstić information content (AvgIpc) is 2.31. The van der Waals surface area contributed by atoms with Gasteiger partial charge in [-0.25, -0.2) is 0 Å². The van der Waals surface area contributed by atoms with Gasteiger partial charge in [-0.2, -0.15) is 0 Å². The van der Waals surface area contributed by atoms with Crippen LogP contribution in [0, 0.1) is 0 Å². The summed E-state index contributed by atoms with van der Waals surface area (Å²) in [5, 5.41) is 3.52. The van der Waals surface area contributed by atoms with Gasteiger partial charge < -0.3 is 10.2 Å². The lowest BCUT2D eigenvalue weighted by molar-refractivity contribution is -0.136. The molecule has 1 heterocycles. The molecule has 0 aromatic carbocycles. The summed E-state index contributed by atoms with van der Waals surface area (Å²) < 4.78 is 0. The Morgan fingerprint density at radius 2 is 2.00 bits per heavy atom. The monoisotopic (exact) mass is 224 g/mol. The van der Waals surface area contributed by atoms with E-state index in [1.807, 2.05) is 0 Å². The third-order valence-corrected chi connectivity index (χ3v) is 3.99. The van der Waals surface area contributed by atoms with Crippen molar-refractivity contribution in [2.75, 3.05) is 13.1 Å². The minimum absolute atomic E-state index is 0.401. The highest BCUT2D eigenvalue weighted by atomic mass is 16.2. The van der Waals surface area contributed by atoms with Crippen LogP contribution in [-0.4, -0.2) is 36.0 Å². The predicted molar refractivity (Wildman–Crippen MR) is 65.3 cm³/mol. The Balaban J connectivity index is 1.81. The molecule has 1 aliphatic heterocycles. The molecule has 0 bridgehead atoms. The van der Waals surface area contributed by atoms with Crippen molar-refractivity contribution in [3.8, 4) is 0 Å². The number of likely N-dealkylation sites (tertiary alicyclic amines) is 1. The topological polar surface area (TPSA) is 32.3 Å². The van der Waals surface area contributed by atoms with Gasteiger partial charge in [0.05, 0.1) is 0 Å². The van der Waals surface area contributed by atoms with Gasteiger partial charge in [-0.1, -0.05) is 6.92 Å². The zero-order valence-corrected chi connectivity index (χ0v) is 10.4. The second kappa shape index (κ2) is 5.67. The highest BCUT2D eigenvalue weighted by Gasteiger charge is 2.29. The van der Waals surface area contributed by atoms with Gasteiger partial charge in [0.2, 0.25) is 5.91 Å². The number of nitrogens with one attached hydrogen (secondary N) is 1. The SMILES string of the molecule is CCNC1CCC(N2CCCCC2=O)CC1. The van der Waals surface area contributed by atoms with Crippen molar-refractivity contribution in [2.45, 2.75) is 64.0 Å². The van der Waals surface area contributed by atoms with Crippen LogP contribution in [0.5, 0.6) is 0 Å². The third-order valence-electron chi connectivity index (χ3n) is 3.99. The number of rotatable bonds is 3. The fourth-order valence-electron chi connectivity index (χ4n) is 3.09. The van der Waals surface area contributed by atoms with Crippen molar-refractivity contribution in [2.24, 2.45) is 0 Å². The molecule has 92 valence electrons. The Morgan fingerprint density at radius 3 is 2.62 bits per heavy atom.